The first-order valence-corrected chi connectivity index (χ1v) is 10.2. The van der Waals surface area contributed by atoms with E-state index < -0.39 is 0 Å². The van der Waals surface area contributed by atoms with Gasteiger partial charge in [0.05, 0.1) is 6.54 Å². The van der Waals surface area contributed by atoms with Crippen molar-refractivity contribution in [3.63, 3.8) is 0 Å². The van der Waals surface area contributed by atoms with Crippen LogP contribution in [0.2, 0.25) is 0 Å². The number of amides is 1. The van der Waals surface area contributed by atoms with Crippen molar-refractivity contribution >= 4 is 35.8 Å². The number of aliphatic imine (C=N–C) groups is 1. The predicted octanol–water partition coefficient (Wildman–Crippen LogP) is 1.48. The number of nitrogens with one attached hydrogen (secondary N) is 1. The molecule has 2 fully saturated rings. The van der Waals surface area contributed by atoms with Crippen LogP contribution in [0.15, 0.2) is 29.4 Å². The zero-order valence-electron chi connectivity index (χ0n) is 16.6. The number of halogens is 1. The fourth-order valence-electron chi connectivity index (χ4n) is 3.86. The number of rotatable bonds is 7. The van der Waals surface area contributed by atoms with Crippen LogP contribution < -0.4 is 11.1 Å². The molecule has 2 aliphatic rings. The maximum absolute atomic E-state index is 12.5. The van der Waals surface area contributed by atoms with Crippen LogP contribution in [0.4, 0.5) is 0 Å². The van der Waals surface area contributed by atoms with E-state index in [1.807, 2.05) is 18.2 Å². The van der Waals surface area contributed by atoms with E-state index in [2.05, 4.69) is 25.1 Å². The lowest BCUT2D eigenvalue weighted by molar-refractivity contribution is -0.137. The van der Waals surface area contributed by atoms with Crippen molar-refractivity contribution in [1.29, 1.82) is 0 Å². The topological polar surface area (TPSA) is 86.8 Å². The van der Waals surface area contributed by atoms with E-state index in [9.17, 15) is 4.79 Å². The zero-order chi connectivity index (χ0) is 18.9. The van der Waals surface area contributed by atoms with E-state index >= 15 is 0 Å². The van der Waals surface area contributed by atoms with Crippen LogP contribution >= 0.6 is 24.0 Å². The molecule has 8 heteroatoms. The minimum atomic E-state index is 0. The molecule has 3 N–H and O–H groups in total. The lowest BCUT2D eigenvalue weighted by Crippen LogP contribution is -2.50. The third kappa shape index (κ3) is 7.20. The van der Waals surface area contributed by atoms with Crippen molar-refractivity contribution in [1.82, 2.24) is 20.1 Å². The molecule has 7 nitrogen and oxygen atoms in total. The second-order valence-corrected chi connectivity index (χ2v) is 7.41. The minimum absolute atomic E-state index is 0. The summed E-state index contributed by atoms with van der Waals surface area (Å²) < 4.78 is 0. The number of pyridine rings is 1. The second kappa shape index (κ2) is 12.2. The highest BCUT2D eigenvalue weighted by Gasteiger charge is 2.29. The van der Waals surface area contributed by atoms with Crippen LogP contribution in [0.3, 0.4) is 0 Å². The molecule has 1 amide bonds. The van der Waals surface area contributed by atoms with Crippen molar-refractivity contribution in [2.75, 3.05) is 45.8 Å². The molecule has 28 heavy (non-hydrogen) atoms. The van der Waals surface area contributed by atoms with Gasteiger partial charge in [-0.2, -0.15) is 0 Å². The summed E-state index contributed by atoms with van der Waals surface area (Å²) in [6.45, 7) is 5.84. The Morgan fingerprint density at radius 3 is 2.64 bits per heavy atom. The molecule has 0 aromatic carbocycles. The molecule has 1 saturated carbocycles. The van der Waals surface area contributed by atoms with Gasteiger partial charge in [-0.15, -0.1) is 24.0 Å². The molecule has 0 spiro atoms. The molecular weight excluding hydrogens is 467 g/mol. The SMILES string of the molecule is I.NC(=NCCN1CCN(C(=O)C2CCCC2)CC1)NCCc1ccccn1. The lowest BCUT2D eigenvalue weighted by atomic mass is 10.1. The largest absolute Gasteiger partial charge is 0.370 e. The first kappa shape index (κ1) is 22.9. The first-order chi connectivity index (χ1) is 13.2. The highest BCUT2D eigenvalue weighted by molar-refractivity contribution is 14.0. The van der Waals surface area contributed by atoms with Gasteiger partial charge in [-0.25, -0.2) is 0 Å². The molecular formula is C20H33IN6O. The molecule has 1 aromatic heterocycles. The van der Waals surface area contributed by atoms with Crippen LogP contribution in [0.1, 0.15) is 31.4 Å². The van der Waals surface area contributed by atoms with Gasteiger partial charge in [0.25, 0.3) is 0 Å². The Bertz CT molecular complexity index is 612. The fraction of sp³-hybridized carbons (Fsp3) is 0.650. The van der Waals surface area contributed by atoms with Gasteiger partial charge in [0, 0.05) is 63.5 Å². The molecule has 156 valence electrons. The van der Waals surface area contributed by atoms with Gasteiger partial charge in [-0.3, -0.25) is 19.7 Å². The maximum atomic E-state index is 12.5. The Morgan fingerprint density at radius 1 is 1.21 bits per heavy atom. The third-order valence-corrected chi connectivity index (χ3v) is 5.50. The number of carbonyl (C=O) groups excluding carboxylic acids is 1. The van der Waals surface area contributed by atoms with Crippen molar-refractivity contribution in [2.45, 2.75) is 32.1 Å². The third-order valence-electron chi connectivity index (χ3n) is 5.50. The van der Waals surface area contributed by atoms with Crippen LogP contribution in [-0.4, -0.2) is 72.5 Å². The summed E-state index contributed by atoms with van der Waals surface area (Å²) in [5.41, 5.74) is 6.98. The van der Waals surface area contributed by atoms with Gasteiger partial charge in [0.2, 0.25) is 5.91 Å². The molecule has 1 aliphatic carbocycles. The zero-order valence-corrected chi connectivity index (χ0v) is 18.9. The highest BCUT2D eigenvalue weighted by atomic mass is 127. The maximum Gasteiger partial charge on any atom is 0.225 e. The average molecular weight is 500 g/mol. The Kier molecular flexibility index (Phi) is 9.97. The quantitative estimate of drug-likeness (QED) is 0.337. The number of guanidine groups is 1. The summed E-state index contributed by atoms with van der Waals surface area (Å²) in [6, 6.07) is 5.91. The van der Waals surface area contributed by atoms with E-state index in [0.29, 0.717) is 18.4 Å². The summed E-state index contributed by atoms with van der Waals surface area (Å²) in [5.74, 6) is 1.16. The van der Waals surface area contributed by atoms with E-state index in [0.717, 1.165) is 64.2 Å². The number of hydrogen-bond acceptors (Lipinski definition) is 4. The molecule has 0 unspecified atom stereocenters. The molecule has 1 aromatic rings. The molecule has 3 rings (SSSR count). The van der Waals surface area contributed by atoms with Gasteiger partial charge >= 0.3 is 0 Å². The lowest BCUT2D eigenvalue weighted by Gasteiger charge is -2.35. The molecule has 1 aliphatic heterocycles. The number of nitrogens with zero attached hydrogens (tertiary/aromatic N) is 4. The molecule has 1 saturated heterocycles. The number of hydrogen-bond donors (Lipinski definition) is 2. The Morgan fingerprint density at radius 2 is 1.96 bits per heavy atom. The van der Waals surface area contributed by atoms with Crippen molar-refractivity contribution in [3.05, 3.63) is 30.1 Å². The highest BCUT2D eigenvalue weighted by Crippen LogP contribution is 2.26. The normalized spacial score (nSPS) is 18.7. The Balaban J connectivity index is 0.00000280. The Labute approximate surface area is 185 Å². The van der Waals surface area contributed by atoms with Crippen molar-refractivity contribution in [3.8, 4) is 0 Å². The monoisotopic (exact) mass is 500 g/mol. The van der Waals surface area contributed by atoms with Gasteiger partial charge in [0.15, 0.2) is 5.96 Å². The van der Waals surface area contributed by atoms with E-state index in [4.69, 9.17) is 5.73 Å². The first-order valence-electron chi connectivity index (χ1n) is 10.2. The summed E-state index contributed by atoms with van der Waals surface area (Å²) >= 11 is 0. The molecule has 0 radical (unpaired) electrons. The van der Waals surface area contributed by atoms with Crippen LogP contribution in [0, 0.1) is 5.92 Å². The molecule has 0 atom stereocenters. The molecule has 0 bridgehead atoms. The van der Waals surface area contributed by atoms with Gasteiger partial charge < -0.3 is 16.0 Å². The van der Waals surface area contributed by atoms with E-state index in [-0.39, 0.29) is 29.9 Å². The standard InChI is InChI=1S/C20H32N6O.HI/c21-20(23-10-8-18-7-3-4-9-22-18)24-11-12-25-13-15-26(16-14-25)19(27)17-5-1-2-6-17;/h3-4,7,9,17H,1-2,5-6,8,10-16H2,(H3,21,23,24);1H. The molecule has 2 heterocycles. The number of piperazine rings is 1. The fourth-order valence-corrected chi connectivity index (χ4v) is 3.86. The van der Waals surface area contributed by atoms with Crippen LogP contribution in [0.25, 0.3) is 0 Å². The smallest absolute Gasteiger partial charge is 0.225 e. The van der Waals surface area contributed by atoms with Crippen molar-refractivity contribution in [2.24, 2.45) is 16.6 Å². The Hall–Kier alpha value is -1.42. The van der Waals surface area contributed by atoms with Crippen LogP contribution in [0.5, 0.6) is 0 Å². The average Bonchev–Trinajstić information content (AvgIpc) is 3.24. The van der Waals surface area contributed by atoms with Crippen molar-refractivity contribution < 1.29 is 4.79 Å². The number of carbonyl (C=O) groups is 1. The summed E-state index contributed by atoms with van der Waals surface area (Å²) in [7, 11) is 0. The van der Waals surface area contributed by atoms with Gasteiger partial charge in [-0.1, -0.05) is 18.9 Å². The number of nitrogens with two attached hydrogens (primary N) is 1. The summed E-state index contributed by atoms with van der Waals surface area (Å²) in [4.78, 5) is 25.6. The van der Waals surface area contributed by atoms with E-state index in [1.54, 1.807) is 6.20 Å². The predicted molar refractivity (Wildman–Crippen MR) is 123 cm³/mol. The van der Waals surface area contributed by atoms with Crippen LogP contribution in [-0.2, 0) is 11.2 Å². The summed E-state index contributed by atoms with van der Waals surface area (Å²) in [6.07, 6.45) is 7.22. The van der Waals surface area contributed by atoms with Gasteiger partial charge in [0.1, 0.15) is 0 Å². The summed E-state index contributed by atoms with van der Waals surface area (Å²) in [5, 5.41) is 3.14. The van der Waals surface area contributed by atoms with Gasteiger partial charge in [-0.05, 0) is 25.0 Å². The minimum Gasteiger partial charge on any atom is -0.370 e. The second-order valence-electron chi connectivity index (χ2n) is 7.41. The van der Waals surface area contributed by atoms with E-state index in [1.165, 1.54) is 12.8 Å². The number of aromatic nitrogens is 1.